The van der Waals surface area contributed by atoms with Gasteiger partial charge in [0.15, 0.2) is 0 Å². The summed E-state index contributed by atoms with van der Waals surface area (Å²) in [5.41, 5.74) is 6.37. The lowest BCUT2D eigenvalue weighted by atomic mass is 10.1. The molecule has 0 aliphatic rings. The molecule has 0 saturated carbocycles. The van der Waals surface area contributed by atoms with Crippen molar-refractivity contribution in [3.63, 3.8) is 0 Å². The lowest BCUT2D eigenvalue weighted by molar-refractivity contribution is 0.168. The molecule has 0 saturated heterocycles. The number of fused-ring (bicyclic) bond motifs is 4. The van der Waals surface area contributed by atoms with Gasteiger partial charge in [0.25, 0.3) is 22.2 Å². The minimum absolute atomic E-state index is 0.205. The molecule has 12 rings (SSSR count). The minimum Gasteiger partial charge on any atom is -0.387 e. The Morgan fingerprint density at radius 3 is 0.625 bits per heavy atom. The lowest BCUT2D eigenvalue weighted by Crippen LogP contribution is -2.23. The molecule has 4 aromatic carbocycles. The maximum atomic E-state index is 12.2. The number of H-pyrrole nitrogens is 8. The molecule has 0 fully saturated rings. The van der Waals surface area contributed by atoms with Crippen LogP contribution in [-0.4, -0.2) is 99.4 Å². The Morgan fingerprint density at radius 2 is 0.469 bits per heavy atom. The molecule has 8 heterocycles. The number of hydrogen-bond donors (Lipinski definition) is 12. The summed E-state index contributed by atoms with van der Waals surface area (Å²) in [6.07, 6.45) is -1.80. The average Bonchev–Trinajstić information content (AvgIpc) is 1.64. The van der Waals surface area contributed by atoms with Crippen molar-refractivity contribution in [3.05, 3.63) is 248 Å². The average molecular weight is 1310 g/mol. The predicted molar refractivity (Wildman–Crippen MR) is 365 cm³/mol. The van der Waals surface area contributed by atoms with Gasteiger partial charge in [0.05, 0.1) is 48.6 Å². The molecular formula is C68H80N16O12. The first kappa shape index (κ1) is 69.7. The van der Waals surface area contributed by atoms with E-state index in [1.54, 1.807) is 46.4 Å². The van der Waals surface area contributed by atoms with Crippen molar-refractivity contribution in [2.45, 2.75) is 157 Å². The molecular weight excluding hydrogens is 1230 g/mol. The monoisotopic (exact) mass is 1310 g/mol. The van der Waals surface area contributed by atoms with Crippen molar-refractivity contribution >= 4 is 44.1 Å². The molecule has 96 heavy (non-hydrogen) atoms. The van der Waals surface area contributed by atoms with Crippen molar-refractivity contribution in [1.29, 1.82) is 0 Å². The van der Waals surface area contributed by atoms with Crippen LogP contribution in [-0.2, 0) is 0 Å². The van der Waals surface area contributed by atoms with E-state index in [2.05, 4.69) is 60.3 Å². The van der Waals surface area contributed by atoms with Gasteiger partial charge in [-0.15, -0.1) is 0 Å². The fraction of sp³-hybridized carbons (Fsp3) is 0.353. The van der Waals surface area contributed by atoms with Crippen LogP contribution in [0.15, 0.2) is 135 Å². The fourth-order valence-corrected chi connectivity index (χ4v) is 11.2. The number of aryl methyl sites for hydroxylation is 4. The summed E-state index contributed by atoms with van der Waals surface area (Å²) < 4.78 is 6.35. The number of aliphatic hydroxyl groups is 4. The molecule has 0 unspecified atom stereocenters. The summed E-state index contributed by atoms with van der Waals surface area (Å²) in [7, 11) is 0. The molecule has 8 atom stereocenters. The van der Waals surface area contributed by atoms with E-state index in [-0.39, 0.29) is 68.5 Å². The Bertz CT molecular complexity index is 4580. The van der Waals surface area contributed by atoms with Crippen LogP contribution in [0.5, 0.6) is 0 Å². The highest BCUT2D eigenvalue weighted by Crippen LogP contribution is 2.31. The second kappa shape index (κ2) is 29.3. The van der Waals surface area contributed by atoms with E-state index < -0.39 is 69.4 Å². The molecule has 12 aromatic rings. The second-order valence-electron chi connectivity index (χ2n) is 23.9. The molecule has 0 radical (unpaired) electrons. The first-order valence-corrected chi connectivity index (χ1v) is 31.7. The third-order valence-corrected chi connectivity index (χ3v) is 17.0. The van der Waals surface area contributed by atoms with Crippen LogP contribution >= 0.6 is 0 Å². The van der Waals surface area contributed by atoms with E-state index in [0.717, 1.165) is 44.5 Å². The van der Waals surface area contributed by atoms with Gasteiger partial charge in [-0.3, -0.25) is 59.0 Å². The highest BCUT2D eigenvalue weighted by Gasteiger charge is 2.28. The Morgan fingerprint density at radius 1 is 0.302 bits per heavy atom. The highest BCUT2D eigenvalue weighted by atomic mass is 16.3. The Balaban J connectivity index is 0.000000150. The van der Waals surface area contributed by atoms with Gasteiger partial charge < -0.3 is 20.4 Å². The topological polar surface area (TPSA) is 415 Å². The summed E-state index contributed by atoms with van der Waals surface area (Å²) in [4.78, 5) is 115. The number of hydrogen-bond acceptors (Lipinski definition) is 16. The second-order valence-corrected chi connectivity index (χ2v) is 23.9. The number of nitrogens with one attached hydrogen (secondary N) is 8. The van der Waals surface area contributed by atoms with Crippen LogP contribution in [0.2, 0.25) is 0 Å². The Hall–Kier alpha value is -10.7. The maximum absolute atomic E-state index is 12.2. The van der Waals surface area contributed by atoms with Gasteiger partial charge in [-0.1, -0.05) is 147 Å². The smallest absolute Gasteiger partial charge is 0.327 e. The third-order valence-electron chi connectivity index (χ3n) is 17.0. The van der Waals surface area contributed by atoms with Gasteiger partial charge in [-0.2, -0.15) is 20.4 Å². The van der Waals surface area contributed by atoms with Crippen LogP contribution in [0.1, 0.15) is 197 Å². The van der Waals surface area contributed by atoms with E-state index in [0.29, 0.717) is 48.3 Å². The molecule has 504 valence electrons. The summed E-state index contributed by atoms with van der Waals surface area (Å²) in [5, 5.41) is 59.5. The molecule has 28 heteroatoms. The largest absolute Gasteiger partial charge is 0.387 e. The molecule has 12 N–H and O–H groups in total. The van der Waals surface area contributed by atoms with Crippen LogP contribution in [0.3, 0.4) is 0 Å². The molecule has 0 amide bonds. The molecule has 0 bridgehead atoms. The van der Waals surface area contributed by atoms with Crippen molar-refractivity contribution in [2.75, 3.05) is 0 Å². The molecule has 0 spiro atoms. The van der Waals surface area contributed by atoms with Gasteiger partial charge >= 0.3 is 22.8 Å². The van der Waals surface area contributed by atoms with E-state index >= 15 is 0 Å². The highest BCUT2D eigenvalue weighted by molar-refractivity contribution is 5.80. The third kappa shape index (κ3) is 14.5. The zero-order chi connectivity index (χ0) is 69.7. The van der Waals surface area contributed by atoms with Gasteiger partial charge in [0.1, 0.15) is 66.9 Å². The number of benzene rings is 4. The van der Waals surface area contributed by atoms with Crippen molar-refractivity contribution in [1.82, 2.24) is 79.0 Å². The van der Waals surface area contributed by atoms with Crippen molar-refractivity contribution < 1.29 is 20.4 Å². The zero-order valence-corrected chi connectivity index (χ0v) is 55.3. The van der Waals surface area contributed by atoms with Crippen molar-refractivity contribution in [3.8, 4) is 0 Å². The predicted octanol–water partition coefficient (Wildman–Crippen LogP) is 7.10. The minimum atomic E-state index is -0.869. The molecule has 0 aliphatic carbocycles. The van der Waals surface area contributed by atoms with E-state index in [9.17, 15) is 58.8 Å². The van der Waals surface area contributed by atoms with E-state index in [1.165, 1.54) is 0 Å². The molecule has 28 nitrogen and oxygen atoms in total. The van der Waals surface area contributed by atoms with Crippen LogP contribution < -0.4 is 45.0 Å². The molecule has 0 aliphatic heterocycles. The van der Waals surface area contributed by atoms with Gasteiger partial charge in [0.2, 0.25) is 0 Å². The normalized spacial score (nSPS) is 14.0. The zero-order valence-electron chi connectivity index (χ0n) is 55.3. The van der Waals surface area contributed by atoms with E-state index in [1.807, 2.05) is 152 Å². The van der Waals surface area contributed by atoms with Crippen LogP contribution in [0, 0.1) is 27.7 Å². The number of aromatic nitrogens is 16. The maximum Gasteiger partial charge on any atom is 0.327 e. The SMILES string of the molecule is CC[C@@H](O)c1nn([C@@H](C)c2ccc(C)cc2)c2[nH]c(=O)[nH]c(=O)c12.CC[C@@H](O)c1nn([C@H](C)c2ccc(C)cc2)c2[nH]c(=O)[nH]c(=O)c12.CC[C@H](O)c1nn([C@@H](C)c2ccc(C)cc2)c2[nH]c(=O)[nH]c(=O)c12.CC[C@H](O)c1nn([C@H](C)c2ccc(C)cc2)c2[nH]c(=O)[nH]c(=O)c12. The standard InChI is InChI=1S/4C17H20N4O3/c4*1-4-12(22)14-13-15(18-17(24)19-16(13)23)21(20-14)10(3)11-7-5-9(2)6-8-11/h4*5-8,10,12,22H,4H2,1-3H3,(H2,18,19,23,24)/t2*10-,12+;2*10-,12-/m1010/s1. The Labute approximate surface area is 546 Å². The number of aromatic amines is 8. The van der Waals surface area contributed by atoms with E-state index in [4.69, 9.17) is 0 Å². The van der Waals surface area contributed by atoms with Crippen molar-refractivity contribution in [2.24, 2.45) is 0 Å². The Kier molecular flexibility index (Phi) is 21.3. The fourth-order valence-electron chi connectivity index (χ4n) is 11.2. The number of aliphatic hydroxyl groups excluding tert-OH is 4. The first-order chi connectivity index (χ1) is 45.7. The van der Waals surface area contributed by atoms with Crippen LogP contribution in [0.25, 0.3) is 44.1 Å². The summed E-state index contributed by atoms with van der Waals surface area (Å²) in [6, 6.07) is 31.0. The van der Waals surface area contributed by atoms with Gasteiger partial charge in [-0.25, -0.2) is 37.9 Å². The lowest BCUT2D eigenvalue weighted by Gasteiger charge is -2.14. The first-order valence-electron chi connectivity index (χ1n) is 31.7. The van der Waals surface area contributed by atoms with Gasteiger partial charge in [0, 0.05) is 0 Å². The summed E-state index contributed by atoms with van der Waals surface area (Å²) in [6.45, 7) is 23.0. The number of nitrogens with zero attached hydrogens (tertiary/aromatic N) is 8. The quantitative estimate of drug-likeness (QED) is 0.0459. The summed E-state index contributed by atoms with van der Waals surface area (Å²) in [5.74, 6) is 0. The van der Waals surface area contributed by atoms with Crippen LogP contribution in [0.4, 0.5) is 0 Å². The summed E-state index contributed by atoms with van der Waals surface area (Å²) >= 11 is 0. The number of rotatable bonds is 16. The molecule has 8 aromatic heterocycles. The van der Waals surface area contributed by atoms with Gasteiger partial charge in [-0.05, 0) is 103 Å².